The van der Waals surface area contributed by atoms with E-state index in [0.29, 0.717) is 32.7 Å². The summed E-state index contributed by atoms with van der Waals surface area (Å²) >= 11 is 0. The van der Waals surface area contributed by atoms with Gasteiger partial charge in [-0.2, -0.15) is 0 Å². The van der Waals surface area contributed by atoms with Crippen LogP contribution in [-0.2, 0) is 16.2 Å². The third kappa shape index (κ3) is 6.20. The van der Waals surface area contributed by atoms with Crippen LogP contribution in [0, 0.1) is 5.82 Å². The zero-order chi connectivity index (χ0) is 20.6. The van der Waals surface area contributed by atoms with E-state index < -0.39 is 0 Å². The van der Waals surface area contributed by atoms with Crippen LogP contribution in [0.1, 0.15) is 18.9 Å². The topological polar surface area (TPSA) is 61.9 Å². The number of carbonyl (C=O) groups is 2. The Labute approximate surface area is 170 Å². The third-order valence-electron chi connectivity index (χ3n) is 4.82. The lowest BCUT2D eigenvalue weighted by atomic mass is 10.2. The molecule has 2 amide bonds. The molecule has 29 heavy (non-hydrogen) atoms. The number of nitrogens with one attached hydrogen (secondary N) is 1. The SMILES string of the molecule is CC(=O)NCCC(=O)N1CCN(c2cccc(OCc3cccc(F)c3)c2)CC1. The maximum absolute atomic E-state index is 13.3. The van der Waals surface area contributed by atoms with E-state index in [1.807, 2.05) is 35.2 Å². The molecule has 2 aromatic rings. The summed E-state index contributed by atoms with van der Waals surface area (Å²) < 4.78 is 19.1. The summed E-state index contributed by atoms with van der Waals surface area (Å²) in [6.07, 6.45) is 0.322. The molecule has 7 heteroatoms. The Kier molecular flexibility index (Phi) is 7.05. The number of halogens is 1. The fourth-order valence-corrected chi connectivity index (χ4v) is 3.28. The molecule has 0 bridgehead atoms. The maximum Gasteiger partial charge on any atom is 0.224 e. The molecule has 1 heterocycles. The van der Waals surface area contributed by atoms with Crippen molar-refractivity contribution in [3.63, 3.8) is 0 Å². The van der Waals surface area contributed by atoms with Gasteiger partial charge in [-0.05, 0) is 29.8 Å². The molecule has 3 rings (SSSR count). The van der Waals surface area contributed by atoms with Gasteiger partial charge in [0, 0.05) is 57.8 Å². The minimum absolute atomic E-state index is 0.0607. The summed E-state index contributed by atoms with van der Waals surface area (Å²) in [5.41, 5.74) is 1.81. The molecular formula is C22H26FN3O3. The van der Waals surface area contributed by atoms with Crippen LogP contribution < -0.4 is 15.0 Å². The smallest absolute Gasteiger partial charge is 0.224 e. The van der Waals surface area contributed by atoms with Gasteiger partial charge < -0.3 is 19.9 Å². The van der Waals surface area contributed by atoms with E-state index in [0.717, 1.165) is 30.1 Å². The average Bonchev–Trinajstić information content (AvgIpc) is 2.72. The van der Waals surface area contributed by atoms with Gasteiger partial charge in [-0.15, -0.1) is 0 Å². The number of anilines is 1. The van der Waals surface area contributed by atoms with Gasteiger partial charge in [-0.3, -0.25) is 9.59 Å². The van der Waals surface area contributed by atoms with E-state index in [-0.39, 0.29) is 17.6 Å². The fraction of sp³-hybridized carbons (Fsp3) is 0.364. The van der Waals surface area contributed by atoms with Crippen molar-refractivity contribution in [3.8, 4) is 5.75 Å². The van der Waals surface area contributed by atoms with Crippen LogP contribution >= 0.6 is 0 Å². The van der Waals surface area contributed by atoms with Crippen LogP contribution in [0.25, 0.3) is 0 Å². The predicted octanol–water partition coefficient (Wildman–Crippen LogP) is 2.58. The number of amides is 2. The minimum atomic E-state index is -0.274. The summed E-state index contributed by atoms with van der Waals surface area (Å²) in [6, 6.07) is 14.2. The Balaban J connectivity index is 1.50. The molecule has 0 aromatic heterocycles. The van der Waals surface area contributed by atoms with Crippen LogP contribution in [0.2, 0.25) is 0 Å². The lowest BCUT2D eigenvalue weighted by molar-refractivity contribution is -0.131. The Morgan fingerprint density at radius 2 is 1.83 bits per heavy atom. The van der Waals surface area contributed by atoms with Gasteiger partial charge in [0.15, 0.2) is 0 Å². The molecule has 0 unspecified atom stereocenters. The second kappa shape index (κ2) is 9.91. The van der Waals surface area contributed by atoms with Crippen LogP contribution in [0.4, 0.5) is 10.1 Å². The molecule has 0 saturated carbocycles. The van der Waals surface area contributed by atoms with Gasteiger partial charge in [-0.1, -0.05) is 18.2 Å². The summed E-state index contributed by atoms with van der Waals surface area (Å²) in [7, 11) is 0. The largest absolute Gasteiger partial charge is 0.489 e. The highest BCUT2D eigenvalue weighted by atomic mass is 19.1. The van der Waals surface area contributed by atoms with Crippen molar-refractivity contribution in [2.75, 3.05) is 37.6 Å². The average molecular weight is 399 g/mol. The Bertz CT molecular complexity index is 851. The molecule has 1 N–H and O–H groups in total. The zero-order valence-electron chi connectivity index (χ0n) is 16.6. The van der Waals surface area contributed by atoms with Gasteiger partial charge in [0.2, 0.25) is 11.8 Å². The first-order valence-corrected chi connectivity index (χ1v) is 9.76. The van der Waals surface area contributed by atoms with Crippen molar-refractivity contribution in [1.82, 2.24) is 10.2 Å². The molecule has 6 nitrogen and oxygen atoms in total. The molecule has 0 atom stereocenters. The van der Waals surface area contributed by atoms with Crippen LogP contribution in [0.15, 0.2) is 48.5 Å². The molecule has 154 valence electrons. The lowest BCUT2D eigenvalue weighted by Gasteiger charge is -2.36. The maximum atomic E-state index is 13.3. The van der Waals surface area contributed by atoms with Crippen LogP contribution in [0.5, 0.6) is 5.75 Å². The first kappa shape index (κ1) is 20.6. The molecule has 0 aliphatic carbocycles. The predicted molar refractivity (Wildman–Crippen MR) is 109 cm³/mol. The number of ether oxygens (including phenoxy) is 1. The molecule has 2 aromatic carbocycles. The highest BCUT2D eigenvalue weighted by Crippen LogP contribution is 2.23. The molecule has 0 spiro atoms. The van der Waals surface area contributed by atoms with E-state index in [1.54, 1.807) is 6.07 Å². The quantitative estimate of drug-likeness (QED) is 0.778. The number of piperazine rings is 1. The monoisotopic (exact) mass is 399 g/mol. The summed E-state index contributed by atoms with van der Waals surface area (Å²) in [5.74, 6) is 0.387. The van der Waals surface area contributed by atoms with Gasteiger partial charge in [-0.25, -0.2) is 4.39 Å². The summed E-state index contributed by atoms with van der Waals surface area (Å²) in [5, 5.41) is 2.65. The van der Waals surface area contributed by atoms with E-state index in [9.17, 15) is 14.0 Å². The van der Waals surface area contributed by atoms with Gasteiger partial charge >= 0.3 is 0 Å². The molecule has 1 aliphatic rings. The minimum Gasteiger partial charge on any atom is -0.489 e. The van der Waals surface area contributed by atoms with Crippen LogP contribution in [0.3, 0.4) is 0 Å². The third-order valence-corrected chi connectivity index (χ3v) is 4.82. The lowest BCUT2D eigenvalue weighted by Crippen LogP contribution is -2.49. The van der Waals surface area contributed by atoms with Gasteiger partial charge in [0.25, 0.3) is 0 Å². The Hall–Kier alpha value is -3.09. The highest BCUT2D eigenvalue weighted by Gasteiger charge is 2.21. The molecule has 0 radical (unpaired) electrons. The first-order valence-electron chi connectivity index (χ1n) is 9.76. The van der Waals surface area contributed by atoms with Gasteiger partial charge in [0.05, 0.1) is 0 Å². The van der Waals surface area contributed by atoms with Crippen molar-refractivity contribution in [1.29, 1.82) is 0 Å². The van der Waals surface area contributed by atoms with Crippen molar-refractivity contribution < 1.29 is 18.7 Å². The van der Waals surface area contributed by atoms with Crippen molar-refractivity contribution in [2.24, 2.45) is 0 Å². The molecule has 1 fully saturated rings. The van der Waals surface area contributed by atoms with Crippen molar-refractivity contribution >= 4 is 17.5 Å². The second-order valence-corrected chi connectivity index (χ2v) is 7.02. The molecule has 1 aliphatic heterocycles. The van der Waals surface area contributed by atoms with E-state index in [4.69, 9.17) is 4.74 Å². The number of nitrogens with zero attached hydrogens (tertiary/aromatic N) is 2. The number of carbonyl (C=O) groups excluding carboxylic acids is 2. The van der Waals surface area contributed by atoms with E-state index in [2.05, 4.69) is 10.2 Å². The van der Waals surface area contributed by atoms with Crippen LogP contribution in [-0.4, -0.2) is 49.4 Å². The molecule has 1 saturated heterocycles. The molecular weight excluding hydrogens is 373 g/mol. The fourth-order valence-electron chi connectivity index (χ4n) is 3.28. The number of rotatable bonds is 7. The Morgan fingerprint density at radius 1 is 1.07 bits per heavy atom. The first-order chi connectivity index (χ1) is 14.0. The van der Waals surface area contributed by atoms with Crippen molar-refractivity contribution in [2.45, 2.75) is 20.0 Å². The summed E-state index contributed by atoms with van der Waals surface area (Å²) in [4.78, 5) is 27.2. The zero-order valence-corrected chi connectivity index (χ0v) is 16.6. The summed E-state index contributed by atoms with van der Waals surface area (Å²) in [6.45, 7) is 4.88. The van der Waals surface area contributed by atoms with Crippen molar-refractivity contribution in [3.05, 3.63) is 59.9 Å². The van der Waals surface area contributed by atoms with E-state index in [1.165, 1.54) is 19.1 Å². The number of hydrogen-bond acceptors (Lipinski definition) is 4. The number of benzene rings is 2. The second-order valence-electron chi connectivity index (χ2n) is 7.02. The van der Waals surface area contributed by atoms with E-state index >= 15 is 0 Å². The number of hydrogen-bond donors (Lipinski definition) is 1. The normalized spacial score (nSPS) is 13.9. The Morgan fingerprint density at radius 3 is 2.55 bits per heavy atom. The standard InChI is InChI=1S/C22H26FN3O3/c1-17(27)24-9-8-22(28)26-12-10-25(11-13-26)20-6-3-7-21(15-20)29-16-18-4-2-5-19(23)14-18/h2-7,14-15H,8-13,16H2,1H3,(H,24,27). The van der Waals surface area contributed by atoms with Gasteiger partial charge in [0.1, 0.15) is 18.2 Å². The highest BCUT2D eigenvalue weighted by molar-refractivity contribution is 5.78.